The van der Waals surface area contributed by atoms with E-state index in [9.17, 15) is 8.42 Å². The summed E-state index contributed by atoms with van der Waals surface area (Å²) in [5, 5.41) is 0. The van der Waals surface area contributed by atoms with E-state index >= 15 is 0 Å². The Morgan fingerprint density at radius 3 is 2.52 bits per heavy atom. The molecule has 4 heteroatoms. The number of nitrogens with zero attached hydrogens (tertiary/aromatic N) is 1. The van der Waals surface area contributed by atoms with Crippen molar-refractivity contribution in [3.63, 3.8) is 0 Å². The van der Waals surface area contributed by atoms with Gasteiger partial charge < -0.3 is 0 Å². The highest BCUT2D eigenvalue weighted by molar-refractivity contribution is 7.89. The zero-order valence-corrected chi connectivity index (χ0v) is 15.0. The molecular weight excluding hydrogens is 306 g/mol. The van der Waals surface area contributed by atoms with Gasteiger partial charge in [-0.25, -0.2) is 12.7 Å². The van der Waals surface area contributed by atoms with Crippen molar-refractivity contribution < 1.29 is 8.42 Å². The van der Waals surface area contributed by atoms with Crippen molar-refractivity contribution >= 4 is 10.0 Å². The van der Waals surface area contributed by atoms with Crippen LogP contribution in [0.3, 0.4) is 0 Å². The predicted molar refractivity (Wildman–Crippen MR) is 94.3 cm³/mol. The van der Waals surface area contributed by atoms with Gasteiger partial charge in [0.1, 0.15) is 0 Å². The third-order valence-corrected chi connectivity index (χ3v) is 6.06. The molecule has 1 heterocycles. The van der Waals surface area contributed by atoms with Gasteiger partial charge in [0.05, 0.1) is 10.9 Å². The van der Waals surface area contributed by atoms with Gasteiger partial charge in [0.15, 0.2) is 0 Å². The van der Waals surface area contributed by atoms with E-state index in [1.54, 1.807) is 12.1 Å². The van der Waals surface area contributed by atoms with Crippen LogP contribution in [0, 0.1) is 12.0 Å². The molecule has 0 amide bonds. The maximum atomic E-state index is 12.7. The van der Waals surface area contributed by atoms with Crippen LogP contribution in [0.4, 0.5) is 0 Å². The fraction of sp³-hybridized carbons (Fsp3) is 0.579. The SMILES string of the molecule is CCCCCCC#CN1C(CCCC)c2ccccc2S1(=O)=O. The third kappa shape index (κ3) is 4.09. The van der Waals surface area contributed by atoms with E-state index in [1.807, 2.05) is 12.1 Å². The molecule has 0 aromatic heterocycles. The average molecular weight is 333 g/mol. The summed E-state index contributed by atoms with van der Waals surface area (Å²) in [6.07, 6.45) is 8.27. The number of hydrogen-bond acceptors (Lipinski definition) is 2. The molecule has 0 radical (unpaired) electrons. The highest BCUT2D eigenvalue weighted by Crippen LogP contribution is 2.41. The van der Waals surface area contributed by atoms with Gasteiger partial charge >= 0.3 is 0 Å². The Morgan fingerprint density at radius 2 is 1.78 bits per heavy atom. The second-order valence-corrected chi connectivity index (χ2v) is 7.88. The lowest BCUT2D eigenvalue weighted by Crippen LogP contribution is -2.23. The van der Waals surface area contributed by atoms with Crippen LogP contribution < -0.4 is 0 Å². The molecule has 1 aliphatic heterocycles. The van der Waals surface area contributed by atoms with Gasteiger partial charge in [-0.3, -0.25) is 0 Å². The fourth-order valence-electron chi connectivity index (χ4n) is 2.97. The van der Waals surface area contributed by atoms with Gasteiger partial charge in [-0.1, -0.05) is 70.1 Å². The monoisotopic (exact) mass is 333 g/mol. The minimum atomic E-state index is -3.46. The molecule has 126 valence electrons. The Labute approximate surface area is 141 Å². The first-order chi connectivity index (χ1) is 11.1. The van der Waals surface area contributed by atoms with Crippen molar-refractivity contribution in [3.8, 4) is 12.0 Å². The van der Waals surface area contributed by atoms with E-state index in [1.165, 1.54) is 17.1 Å². The summed E-state index contributed by atoms with van der Waals surface area (Å²) in [6, 6.07) is 10.2. The molecule has 1 aliphatic rings. The number of rotatable bonds is 7. The lowest BCUT2D eigenvalue weighted by molar-refractivity contribution is 0.410. The topological polar surface area (TPSA) is 37.4 Å². The minimum Gasteiger partial charge on any atom is -0.217 e. The maximum absolute atomic E-state index is 12.7. The van der Waals surface area contributed by atoms with E-state index in [0.717, 1.165) is 44.1 Å². The predicted octanol–water partition coefficient (Wildman–Crippen LogP) is 4.85. The maximum Gasteiger partial charge on any atom is 0.271 e. The molecule has 1 atom stereocenters. The summed E-state index contributed by atoms with van der Waals surface area (Å²) in [5.74, 6) is 3.08. The molecule has 0 saturated carbocycles. The summed E-state index contributed by atoms with van der Waals surface area (Å²) < 4.78 is 26.9. The zero-order chi connectivity index (χ0) is 16.7. The zero-order valence-electron chi connectivity index (χ0n) is 14.2. The van der Waals surface area contributed by atoms with E-state index in [-0.39, 0.29) is 6.04 Å². The molecule has 3 nitrogen and oxygen atoms in total. The summed E-state index contributed by atoms with van der Waals surface area (Å²) in [7, 11) is -3.46. The second kappa shape index (κ2) is 8.40. The van der Waals surface area contributed by atoms with Gasteiger partial charge in [-0.15, -0.1) is 0 Å². The van der Waals surface area contributed by atoms with Crippen LogP contribution >= 0.6 is 0 Å². The summed E-state index contributed by atoms with van der Waals surface area (Å²) in [5.41, 5.74) is 0.904. The molecule has 0 spiro atoms. The highest BCUT2D eigenvalue weighted by Gasteiger charge is 2.40. The summed E-state index contributed by atoms with van der Waals surface area (Å²) in [6.45, 7) is 4.30. The smallest absolute Gasteiger partial charge is 0.217 e. The number of sulfonamides is 1. The van der Waals surface area contributed by atoms with Crippen LogP contribution in [-0.2, 0) is 10.0 Å². The highest BCUT2D eigenvalue weighted by atomic mass is 32.2. The van der Waals surface area contributed by atoms with Crippen molar-refractivity contribution in [1.82, 2.24) is 4.31 Å². The Hall–Kier alpha value is -1.47. The number of fused-ring (bicyclic) bond motifs is 1. The third-order valence-electron chi connectivity index (χ3n) is 4.27. The Bertz CT molecular complexity index is 670. The normalized spacial score (nSPS) is 18.3. The molecule has 0 saturated heterocycles. The fourth-order valence-corrected chi connectivity index (χ4v) is 4.68. The largest absolute Gasteiger partial charge is 0.271 e. The van der Waals surface area contributed by atoms with Crippen molar-refractivity contribution in [1.29, 1.82) is 0 Å². The first-order valence-corrected chi connectivity index (χ1v) is 10.2. The Morgan fingerprint density at radius 1 is 1.04 bits per heavy atom. The molecule has 0 N–H and O–H groups in total. The van der Waals surface area contributed by atoms with E-state index < -0.39 is 10.0 Å². The molecule has 1 aromatic carbocycles. The first kappa shape index (κ1) is 17.9. The molecule has 0 aliphatic carbocycles. The van der Waals surface area contributed by atoms with Gasteiger partial charge in [0, 0.05) is 12.5 Å². The van der Waals surface area contributed by atoms with E-state index in [4.69, 9.17) is 0 Å². The van der Waals surface area contributed by atoms with Crippen molar-refractivity contribution in [2.75, 3.05) is 0 Å². The van der Waals surface area contributed by atoms with Crippen molar-refractivity contribution in [2.45, 2.75) is 76.2 Å². The lowest BCUT2D eigenvalue weighted by Gasteiger charge is -2.19. The first-order valence-electron chi connectivity index (χ1n) is 8.74. The van der Waals surface area contributed by atoms with Gasteiger partial charge in [-0.05, 0) is 24.5 Å². The van der Waals surface area contributed by atoms with Crippen LogP contribution in [0.5, 0.6) is 0 Å². The van der Waals surface area contributed by atoms with E-state index in [2.05, 4.69) is 25.8 Å². The van der Waals surface area contributed by atoms with Gasteiger partial charge in [-0.2, -0.15) is 0 Å². The van der Waals surface area contributed by atoms with Crippen LogP contribution in [-0.4, -0.2) is 12.7 Å². The quantitative estimate of drug-likeness (QED) is 0.528. The van der Waals surface area contributed by atoms with Crippen LogP contribution in [0.15, 0.2) is 29.2 Å². The van der Waals surface area contributed by atoms with E-state index in [0.29, 0.717) is 4.90 Å². The number of benzene rings is 1. The molecule has 0 fully saturated rings. The van der Waals surface area contributed by atoms with Gasteiger partial charge in [0.2, 0.25) is 0 Å². The Kier molecular flexibility index (Phi) is 6.53. The molecule has 23 heavy (non-hydrogen) atoms. The van der Waals surface area contributed by atoms with Crippen molar-refractivity contribution in [2.24, 2.45) is 0 Å². The lowest BCUT2D eigenvalue weighted by atomic mass is 10.0. The Balaban J connectivity index is 2.18. The molecular formula is C19H27NO2S. The molecule has 0 bridgehead atoms. The summed E-state index contributed by atoms with van der Waals surface area (Å²) in [4.78, 5) is 0.432. The van der Waals surface area contributed by atoms with Crippen LogP contribution in [0.1, 0.15) is 76.8 Å². The number of hydrogen-bond donors (Lipinski definition) is 0. The standard InChI is InChI=1S/C19H27NO2S/c1-3-5-7-8-9-12-16-20-18(14-6-4-2)17-13-10-11-15-19(17)23(20,21)22/h10-11,13,15,18H,3-9,14H2,1-2H3. The van der Waals surface area contributed by atoms with Crippen LogP contribution in [0.25, 0.3) is 0 Å². The van der Waals surface area contributed by atoms with Crippen molar-refractivity contribution in [3.05, 3.63) is 29.8 Å². The number of unbranched alkanes of at least 4 members (excludes halogenated alkanes) is 5. The summed E-state index contributed by atoms with van der Waals surface area (Å²) >= 11 is 0. The van der Waals surface area contributed by atoms with Crippen LogP contribution in [0.2, 0.25) is 0 Å². The van der Waals surface area contributed by atoms with Gasteiger partial charge in [0.25, 0.3) is 10.0 Å². The molecule has 1 aromatic rings. The second-order valence-electron chi connectivity index (χ2n) is 6.10. The molecule has 1 unspecified atom stereocenters. The molecule has 2 rings (SSSR count). The average Bonchev–Trinajstić information content (AvgIpc) is 2.77. The minimum absolute atomic E-state index is 0.126.